The van der Waals surface area contributed by atoms with E-state index in [1.54, 1.807) is 30.6 Å². The Labute approximate surface area is 117 Å². The molecule has 3 rings (SSSR count). The van der Waals surface area contributed by atoms with Gasteiger partial charge in [-0.2, -0.15) is 0 Å². The highest BCUT2D eigenvalue weighted by atomic mass is 32.2. The summed E-state index contributed by atoms with van der Waals surface area (Å²) in [6, 6.07) is 6.76. The third-order valence-corrected chi connectivity index (χ3v) is 5.27. The van der Waals surface area contributed by atoms with Gasteiger partial charge in [0.2, 0.25) is 10.0 Å². The van der Waals surface area contributed by atoms with Gasteiger partial charge in [-0.15, -0.1) is 0 Å². The zero-order valence-corrected chi connectivity index (χ0v) is 11.7. The molecule has 0 spiro atoms. The van der Waals surface area contributed by atoms with Crippen molar-refractivity contribution in [1.82, 2.24) is 9.71 Å². The van der Waals surface area contributed by atoms with Crippen molar-refractivity contribution in [3.8, 4) is 0 Å². The van der Waals surface area contributed by atoms with Gasteiger partial charge in [0.1, 0.15) is 0 Å². The molecule has 0 radical (unpaired) electrons. The number of aliphatic hydroxyl groups is 1. The first-order chi connectivity index (χ1) is 9.50. The summed E-state index contributed by atoms with van der Waals surface area (Å²) in [5.41, 5.74) is -0.876. The van der Waals surface area contributed by atoms with Crippen molar-refractivity contribution in [1.29, 1.82) is 0 Å². The third-order valence-electron chi connectivity index (χ3n) is 3.81. The van der Waals surface area contributed by atoms with Crippen LogP contribution in [0.4, 0.5) is 0 Å². The van der Waals surface area contributed by atoms with E-state index in [2.05, 4.69) is 9.71 Å². The maximum Gasteiger partial charge on any atom is 0.241 e. The van der Waals surface area contributed by atoms with Crippen molar-refractivity contribution in [3.63, 3.8) is 0 Å². The molecule has 1 fully saturated rings. The molecule has 1 aliphatic rings. The molecule has 6 heteroatoms. The number of benzene rings is 1. The minimum absolute atomic E-state index is 0.0663. The van der Waals surface area contributed by atoms with Crippen molar-refractivity contribution >= 4 is 20.8 Å². The van der Waals surface area contributed by atoms with E-state index in [0.29, 0.717) is 18.2 Å². The second kappa shape index (κ2) is 4.80. The summed E-state index contributed by atoms with van der Waals surface area (Å²) in [4.78, 5) is 4.21. The Kier molecular flexibility index (Phi) is 3.24. The predicted octanol–water partition coefficient (Wildman–Crippen LogP) is 1.43. The lowest BCUT2D eigenvalue weighted by Crippen LogP contribution is -2.47. The lowest BCUT2D eigenvalue weighted by atomic mass is 9.81. The van der Waals surface area contributed by atoms with Crippen molar-refractivity contribution in [3.05, 3.63) is 36.7 Å². The number of hydrogen-bond donors (Lipinski definition) is 2. The Balaban J connectivity index is 1.93. The molecule has 0 atom stereocenters. The Morgan fingerprint density at radius 3 is 2.80 bits per heavy atom. The topological polar surface area (TPSA) is 79.3 Å². The molecule has 1 saturated carbocycles. The van der Waals surface area contributed by atoms with E-state index >= 15 is 0 Å². The molecule has 2 aromatic rings. The highest BCUT2D eigenvalue weighted by molar-refractivity contribution is 7.89. The lowest BCUT2D eigenvalue weighted by Gasteiger charge is -2.36. The van der Waals surface area contributed by atoms with Crippen LogP contribution in [-0.4, -0.2) is 30.7 Å². The van der Waals surface area contributed by atoms with Crippen molar-refractivity contribution < 1.29 is 13.5 Å². The summed E-state index contributed by atoms with van der Waals surface area (Å²) >= 11 is 0. The average Bonchev–Trinajstić information content (AvgIpc) is 2.42. The number of fused-ring (bicyclic) bond motifs is 1. The molecule has 2 N–H and O–H groups in total. The van der Waals surface area contributed by atoms with Gasteiger partial charge in [0.05, 0.1) is 10.5 Å². The van der Waals surface area contributed by atoms with Crippen LogP contribution in [0.2, 0.25) is 0 Å². The zero-order valence-electron chi connectivity index (χ0n) is 10.9. The fourth-order valence-corrected chi connectivity index (χ4v) is 3.74. The molecule has 1 aliphatic carbocycles. The summed E-state index contributed by atoms with van der Waals surface area (Å²) in [5.74, 6) is 0. The smallest absolute Gasteiger partial charge is 0.241 e. The van der Waals surface area contributed by atoms with Crippen LogP contribution in [-0.2, 0) is 10.0 Å². The summed E-state index contributed by atoms with van der Waals surface area (Å²) < 4.78 is 27.3. The summed E-state index contributed by atoms with van der Waals surface area (Å²) in [5, 5.41) is 11.4. The van der Waals surface area contributed by atoms with Crippen LogP contribution in [0.3, 0.4) is 0 Å². The molecule has 0 unspecified atom stereocenters. The van der Waals surface area contributed by atoms with Gasteiger partial charge in [-0.3, -0.25) is 4.98 Å². The molecule has 1 aromatic carbocycles. The van der Waals surface area contributed by atoms with Gasteiger partial charge in [-0.05, 0) is 31.4 Å². The van der Waals surface area contributed by atoms with E-state index in [-0.39, 0.29) is 11.4 Å². The van der Waals surface area contributed by atoms with Crippen molar-refractivity contribution in [2.45, 2.75) is 29.8 Å². The van der Waals surface area contributed by atoms with Gasteiger partial charge < -0.3 is 5.11 Å². The zero-order chi connectivity index (χ0) is 14.2. The van der Waals surface area contributed by atoms with Crippen LogP contribution in [0.25, 0.3) is 10.8 Å². The molecule has 1 heterocycles. The molecular weight excluding hydrogens is 276 g/mol. The monoisotopic (exact) mass is 292 g/mol. The van der Waals surface area contributed by atoms with Gasteiger partial charge in [0.15, 0.2) is 0 Å². The maximum atomic E-state index is 12.4. The van der Waals surface area contributed by atoms with Gasteiger partial charge >= 0.3 is 0 Å². The summed E-state index contributed by atoms with van der Waals surface area (Å²) in [7, 11) is -3.63. The summed E-state index contributed by atoms with van der Waals surface area (Å²) in [6.45, 7) is 0.0663. The molecule has 0 amide bonds. The molecule has 20 heavy (non-hydrogen) atoms. The first-order valence-corrected chi connectivity index (χ1v) is 8.03. The number of pyridine rings is 1. The van der Waals surface area contributed by atoms with E-state index in [1.807, 2.05) is 6.07 Å². The van der Waals surface area contributed by atoms with Crippen LogP contribution < -0.4 is 4.72 Å². The van der Waals surface area contributed by atoms with Gasteiger partial charge in [0.25, 0.3) is 0 Å². The van der Waals surface area contributed by atoms with E-state index in [0.717, 1.165) is 11.8 Å². The van der Waals surface area contributed by atoms with Gasteiger partial charge in [-0.1, -0.05) is 12.1 Å². The van der Waals surface area contributed by atoms with E-state index in [9.17, 15) is 13.5 Å². The normalized spacial score (nSPS) is 17.9. The van der Waals surface area contributed by atoms with Crippen LogP contribution in [0.1, 0.15) is 19.3 Å². The summed E-state index contributed by atoms with van der Waals surface area (Å²) in [6.07, 6.45) is 5.44. The molecular formula is C14H16N2O3S. The van der Waals surface area contributed by atoms with Crippen LogP contribution in [0.5, 0.6) is 0 Å². The molecule has 5 nitrogen and oxygen atoms in total. The van der Waals surface area contributed by atoms with Crippen LogP contribution >= 0.6 is 0 Å². The highest BCUT2D eigenvalue weighted by Crippen LogP contribution is 2.31. The Morgan fingerprint density at radius 2 is 2.10 bits per heavy atom. The quantitative estimate of drug-likeness (QED) is 0.893. The number of nitrogens with one attached hydrogen (secondary N) is 1. The molecule has 0 saturated heterocycles. The first-order valence-electron chi connectivity index (χ1n) is 6.55. The predicted molar refractivity (Wildman–Crippen MR) is 75.7 cm³/mol. The van der Waals surface area contributed by atoms with Crippen molar-refractivity contribution in [2.24, 2.45) is 0 Å². The number of sulfonamides is 1. The van der Waals surface area contributed by atoms with Gasteiger partial charge in [0, 0.05) is 29.7 Å². The highest BCUT2D eigenvalue weighted by Gasteiger charge is 2.35. The number of nitrogens with zero attached hydrogens (tertiary/aromatic N) is 1. The third kappa shape index (κ3) is 2.42. The van der Waals surface area contributed by atoms with Crippen LogP contribution in [0, 0.1) is 0 Å². The second-order valence-electron chi connectivity index (χ2n) is 5.26. The molecule has 1 aromatic heterocycles. The lowest BCUT2D eigenvalue weighted by molar-refractivity contribution is -0.0270. The van der Waals surface area contributed by atoms with Crippen molar-refractivity contribution in [2.75, 3.05) is 6.54 Å². The fourth-order valence-electron chi connectivity index (χ4n) is 2.40. The van der Waals surface area contributed by atoms with E-state index in [4.69, 9.17) is 0 Å². The Hall–Kier alpha value is -1.50. The second-order valence-corrected chi connectivity index (χ2v) is 6.99. The van der Waals surface area contributed by atoms with E-state index in [1.165, 1.54) is 0 Å². The van der Waals surface area contributed by atoms with Gasteiger partial charge in [-0.25, -0.2) is 13.1 Å². The van der Waals surface area contributed by atoms with E-state index < -0.39 is 15.6 Å². The minimum Gasteiger partial charge on any atom is -0.389 e. The molecule has 0 aliphatic heterocycles. The first kappa shape index (κ1) is 13.5. The SMILES string of the molecule is O=S(=O)(NCC1(O)CCC1)c1cccc2cnccc12. The molecule has 0 bridgehead atoms. The minimum atomic E-state index is -3.63. The largest absolute Gasteiger partial charge is 0.389 e. The maximum absolute atomic E-state index is 12.4. The fraction of sp³-hybridized carbons (Fsp3) is 0.357. The Morgan fingerprint density at radius 1 is 1.30 bits per heavy atom. The standard InChI is InChI=1S/C14H16N2O3S/c17-14(6-2-7-14)10-16-20(18,19)13-4-1-3-11-9-15-8-5-12(11)13/h1,3-5,8-9,16-17H,2,6-7,10H2. The average molecular weight is 292 g/mol. The number of aromatic nitrogens is 1. The van der Waals surface area contributed by atoms with Crippen LogP contribution in [0.15, 0.2) is 41.6 Å². The number of hydrogen-bond acceptors (Lipinski definition) is 4. The number of rotatable bonds is 4. The molecule has 106 valence electrons. The Bertz CT molecular complexity index is 734.